The SMILES string of the molecule is O=P(c1ccccc1)(c1ccccc1)c1ccc(-c2ccc3c4ccc(-c5ccc(P(=O)(c6ccccc6)c6ccccc6)cc5)cc4n(-c4nc5ccccc5c5nc6ccccc6n45)c3c2)cc1.c1ccc2c(c1)nc(-n1c3cc(-c4cccc5c4oc4ccccc45)ccc3c3ccc(-c4cccc5c4oc4ccccc45)cc31)n1c3ccccc3nc21. The maximum Gasteiger partial charge on any atom is 0.221 e. The third-order valence-electron chi connectivity index (χ3n) is 25.2. The maximum absolute atomic E-state index is 15.3. The van der Waals surface area contributed by atoms with E-state index in [9.17, 15) is 0 Å². The van der Waals surface area contributed by atoms with Crippen LogP contribution >= 0.6 is 14.3 Å². The largest absolute Gasteiger partial charge is 0.455 e. The molecule has 0 unspecified atom stereocenters. The van der Waals surface area contributed by atoms with Crippen molar-refractivity contribution in [3.8, 4) is 56.4 Å². The number of fused-ring (bicyclic) bond motifs is 22. The Morgan fingerprint density at radius 1 is 0.206 bits per heavy atom. The van der Waals surface area contributed by atoms with Gasteiger partial charge in [-0.25, -0.2) is 19.9 Å². The lowest BCUT2D eigenvalue weighted by Crippen LogP contribution is -2.24. The Kier molecular flexibility index (Phi) is 16.6. The molecule has 0 atom stereocenters. The van der Waals surface area contributed by atoms with E-state index in [-0.39, 0.29) is 0 Å². The van der Waals surface area contributed by atoms with Crippen LogP contribution in [0.25, 0.3) is 199 Å². The fraction of sp³-hybridized carbons (Fsp3) is 0. The number of hydrogen-bond acceptors (Lipinski definition) is 8. The molecule has 0 aliphatic heterocycles. The number of benzene rings is 18. The number of furan rings is 2. The van der Waals surface area contributed by atoms with Gasteiger partial charge in [-0.15, -0.1) is 0 Å². The lowest BCUT2D eigenvalue weighted by atomic mass is 9.99. The van der Waals surface area contributed by atoms with E-state index in [0.717, 1.165) is 231 Å². The predicted molar refractivity (Wildman–Crippen MR) is 520 cm³/mol. The van der Waals surface area contributed by atoms with Gasteiger partial charge in [0.1, 0.15) is 33.6 Å². The van der Waals surface area contributed by atoms with Crippen molar-refractivity contribution < 1.29 is 18.0 Å². The summed E-state index contributed by atoms with van der Waals surface area (Å²) in [5.74, 6) is 1.49. The standard InChI is InChI=1S/C62H42N4O2P2.C50H28N4O2/c67-69(47-17-5-1-6-18-47,48-19-7-2-8-20-48)51-35-29-43(30-36-51)45-33-39-53-54-40-34-46(44-31-37-52(38-32-44)70(68,49-21-9-3-10-22-49)50-23-11-4-12-24-50)42-60(54)65(59(53)41-45)62-64-56-26-14-13-25-55(56)61-63-57-27-15-16-28-58(57)66(61)62;1-4-18-40-39(13-1)49-51-41-19-5-6-20-42(41)54(49)50(52-40)53-43-27-29(31-14-9-16-37-35-11-2-7-21-45(35)55-47(31)37)23-25-33(43)34-26-24-30(28-44(34)53)32-15-10-17-38-36-12-3-8-22-46(36)56-48(32)38/h1-42H;1-28H. The molecule has 14 heteroatoms. The second-order valence-electron chi connectivity index (χ2n) is 32.2. The molecule has 26 aromatic rings. The van der Waals surface area contributed by atoms with Gasteiger partial charge in [-0.2, -0.15) is 0 Å². The Hall–Kier alpha value is -16.1. The van der Waals surface area contributed by atoms with E-state index in [1.807, 2.05) is 206 Å². The number of aromatic nitrogens is 8. The van der Waals surface area contributed by atoms with Crippen LogP contribution in [0.3, 0.4) is 0 Å². The van der Waals surface area contributed by atoms with E-state index in [2.05, 4.69) is 236 Å². The van der Waals surface area contributed by atoms with Crippen molar-refractivity contribution in [2.45, 2.75) is 0 Å². The van der Waals surface area contributed by atoms with Crippen LogP contribution in [0.5, 0.6) is 0 Å². The highest BCUT2D eigenvalue weighted by molar-refractivity contribution is 7.85. The zero-order valence-corrected chi connectivity index (χ0v) is 69.3. The minimum Gasteiger partial charge on any atom is -0.455 e. The quantitative estimate of drug-likeness (QED) is 0.111. The summed E-state index contributed by atoms with van der Waals surface area (Å²) >= 11 is 0. The van der Waals surface area contributed by atoms with Crippen molar-refractivity contribution in [1.29, 1.82) is 0 Å². The Labute approximate surface area is 720 Å². The van der Waals surface area contributed by atoms with E-state index in [4.69, 9.17) is 28.8 Å². The van der Waals surface area contributed by atoms with Gasteiger partial charge >= 0.3 is 0 Å². The molecule has 18 aromatic carbocycles. The predicted octanol–water partition coefficient (Wildman–Crippen LogP) is 26.0. The smallest absolute Gasteiger partial charge is 0.221 e. The first-order valence-electron chi connectivity index (χ1n) is 42.2. The van der Waals surface area contributed by atoms with E-state index in [1.165, 1.54) is 0 Å². The van der Waals surface area contributed by atoms with Gasteiger partial charge in [-0.3, -0.25) is 17.9 Å². The van der Waals surface area contributed by atoms with Gasteiger partial charge in [0.15, 0.2) is 14.3 Å². The van der Waals surface area contributed by atoms with Crippen LogP contribution in [0, 0.1) is 0 Å². The Balaban J connectivity index is 0.000000141. The van der Waals surface area contributed by atoms with Gasteiger partial charge in [0, 0.05) is 96.8 Å². The Morgan fingerprint density at radius 3 is 0.865 bits per heavy atom. The van der Waals surface area contributed by atoms with E-state index in [1.54, 1.807) is 0 Å². The zero-order valence-electron chi connectivity index (χ0n) is 67.5. The highest BCUT2D eigenvalue weighted by atomic mass is 31.2. The van der Waals surface area contributed by atoms with E-state index < -0.39 is 14.3 Å². The molecule has 0 N–H and O–H groups in total. The molecule has 592 valence electrons. The Bertz CT molecular complexity index is 8590. The molecule has 126 heavy (non-hydrogen) atoms. The summed E-state index contributed by atoms with van der Waals surface area (Å²) in [4.78, 5) is 21.4. The van der Waals surface area contributed by atoms with Crippen LogP contribution < -0.4 is 31.8 Å². The third kappa shape index (κ3) is 11.3. The van der Waals surface area contributed by atoms with Crippen molar-refractivity contribution in [3.05, 3.63) is 425 Å². The second kappa shape index (κ2) is 28.8. The van der Waals surface area contributed by atoms with Crippen LogP contribution in [0.1, 0.15) is 0 Å². The van der Waals surface area contributed by atoms with Crippen LogP contribution in [-0.4, -0.2) is 37.9 Å². The van der Waals surface area contributed by atoms with Crippen molar-refractivity contribution in [1.82, 2.24) is 37.9 Å². The molecule has 0 saturated heterocycles. The van der Waals surface area contributed by atoms with Crippen LogP contribution in [0.4, 0.5) is 0 Å². The summed E-state index contributed by atoms with van der Waals surface area (Å²) in [5.41, 5.74) is 23.0. The highest BCUT2D eigenvalue weighted by Gasteiger charge is 2.33. The first kappa shape index (κ1) is 72.7. The minimum atomic E-state index is -3.16. The minimum absolute atomic E-state index is 0.723. The molecule has 8 heterocycles. The third-order valence-corrected chi connectivity index (χ3v) is 31.4. The molecule has 12 nitrogen and oxygen atoms in total. The van der Waals surface area contributed by atoms with Crippen LogP contribution in [0.2, 0.25) is 0 Å². The van der Waals surface area contributed by atoms with Crippen LogP contribution in [-0.2, 0) is 9.13 Å². The molecule has 0 amide bonds. The van der Waals surface area contributed by atoms with Gasteiger partial charge in [0.25, 0.3) is 0 Å². The molecule has 26 rings (SSSR count). The number of rotatable bonds is 12. The summed E-state index contributed by atoms with van der Waals surface area (Å²) in [7, 11) is -6.32. The molecular formula is C112H70N8O4P2. The molecule has 0 fully saturated rings. The number of hydrogen-bond donors (Lipinski definition) is 0. The van der Waals surface area contributed by atoms with E-state index >= 15 is 9.13 Å². The summed E-state index contributed by atoms with van der Waals surface area (Å²) < 4.78 is 52.7. The number of para-hydroxylation sites is 10. The molecule has 0 bridgehead atoms. The molecule has 0 saturated carbocycles. The average molecular weight is 1650 g/mol. The molecule has 0 aliphatic rings. The van der Waals surface area contributed by atoms with Gasteiger partial charge < -0.3 is 18.0 Å². The Morgan fingerprint density at radius 2 is 0.492 bits per heavy atom. The van der Waals surface area contributed by atoms with Gasteiger partial charge in [-0.05, 0) is 118 Å². The second-order valence-corrected chi connectivity index (χ2v) is 37.7. The number of imidazole rings is 2. The summed E-state index contributed by atoms with van der Waals surface area (Å²) in [6, 6.07) is 145. The topological polar surface area (TPSA) is 131 Å². The lowest BCUT2D eigenvalue weighted by molar-refractivity contribution is 0.591. The summed E-state index contributed by atoms with van der Waals surface area (Å²) in [6.45, 7) is 0. The van der Waals surface area contributed by atoms with E-state index in [0.29, 0.717) is 0 Å². The first-order valence-corrected chi connectivity index (χ1v) is 45.6. The molecule has 8 aromatic heterocycles. The van der Waals surface area contributed by atoms with Gasteiger partial charge in [-0.1, -0.05) is 340 Å². The molecular weight excluding hydrogens is 1580 g/mol. The average Bonchev–Trinajstić information content (AvgIpc) is 1.55. The fourth-order valence-electron chi connectivity index (χ4n) is 19.2. The fourth-order valence-corrected chi connectivity index (χ4v) is 24.5. The van der Waals surface area contributed by atoms with Gasteiger partial charge in [0.05, 0.1) is 55.2 Å². The maximum atomic E-state index is 15.3. The highest BCUT2D eigenvalue weighted by Crippen LogP contribution is 2.48. The van der Waals surface area contributed by atoms with Crippen molar-refractivity contribution in [2.24, 2.45) is 0 Å². The van der Waals surface area contributed by atoms with Gasteiger partial charge in [0.2, 0.25) is 11.9 Å². The van der Waals surface area contributed by atoms with Crippen molar-refractivity contribution in [3.63, 3.8) is 0 Å². The number of nitrogens with zero attached hydrogens (tertiary/aromatic N) is 8. The molecule has 0 radical (unpaired) electrons. The summed E-state index contributed by atoms with van der Waals surface area (Å²) in [6.07, 6.45) is 0. The normalized spacial score (nSPS) is 12.2. The van der Waals surface area contributed by atoms with Crippen molar-refractivity contribution >= 4 is 189 Å². The van der Waals surface area contributed by atoms with Crippen molar-refractivity contribution in [2.75, 3.05) is 0 Å². The first-order chi connectivity index (χ1) is 62.2. The monoisotopic (exact) mass is 1650 g/mol. The lowest BCUT2D eigenvalue weighted by Gasteiger charge is -2.20. The summed E-state index contributed by atoms with van der Waals surface area (Å²) in [5, 5.41) is 15.6. The van der Waals surface area contributed by atoms with Crippen LogP contribution in [0.15, 0.2) is 433 Å². The molecule has 0 aliphatic carbocycles. The zero-order chi connectivity index (χ0) is 83.3. The molecule has 0 spiro atoms.